The molecule has 0 spiro atoms. The summed E-state index contributed by atoms with van der Waals surface area (Å²) in [5.74, 6) is -0.908. The van der Waals surface area contributed by atoms with Crippen molar-refractivity contribution in [1.82, 2.24) is 20.5 Å². The van der Waals surface area contributed by atoms with Gasteiger partial charge in [0, 0.05) is 22.8 Å². The van der Waals surface area contributed by atoms with Gasteiger partial charge in [-0.1, -0.05) is 0 Å². The molecule has 3 heterocycles. The molecule has 0 radical (unpaired) electrons. The van der Waals surface area contributed by atoms with E-state index in [1.165, 1.54) is 11.3 Å². The van der Waals surface area contributed by atoms with Crippen LogP contribution in [0, 0.1) is 0 Å². The van der Waals surface area contributed by atoms with Crippen LogP contribution >= 0.6 is 11.3 Å². The molecule has 0 aliphatic carbocycles. The Kier molecular flexibility index (Phi) is 3.80. The van der Waals surface area contributed by atoms with Crippen LogP contribution in [-0.2, 0) is 16.1 Å². The van der Waals surface area contributed by atoms with Crippen molar-refractivity contribution in [2.75, 3.05) is 12.3 Å². The molecule has 1 atom stereocenters. The predicted molar refractivity (Wildman–Crippen MR) is 79.4 cm³/mol. The third-order valence-electron chi connectivity index (χ3n) is 3.43. The molecule has 1 amide bonds. The van der Waals surface area contributed by atoms with E-state index in [0.29, 0.717) is 17.2 Å². The quantitative estimate of drug-likeness (QED) is 0.718. The second-order valence-electron chi connectivity index (χ2n) is 4.82. The van der Waals surface area contributed by atoms with E-state index in [9.17, 15) is 9.59 Å². The van der Waals surface area contributed by atoms with Crippen LogP contribution < -0.4 is 11.1 Å². The number of rotatable bonds is 3. The fourth-order valence-electron chi connectivity index (χ4n) is 2.49. The van der Waals surface area contributed by atoms with Crippen LogP contribution in [0.2, 0.25) is 0 Å². The summed E-state index contributed by atoms with van der Waals surface area (Å²) in [5, 5.41) is 9.81. The molecule has 1 aliphatic heterocycles. The highest BCUT2D eigenvalue weighted by atomic mass is 32.1. The number of amides is 1. The fourth-order valence-corrected chi connectivity index (χ4v) is 3.46. The Morgan fingerprint density at radius 3 is 3.18 bits per heavy atom. The molecule has 3 rings (SSSR count). The summed E-state index contributed by atoms with van der Waals surface area (Å²) in [5.41, 5.74) is 7.40. The Labute approximate surface area is 130 Å². The molecule has 4 N–H and O–H groups in total. The number of carbonyl (C=O) groups is 2. The van der Waals surface area contributed by atoms with E-state index >= 15 is 0 Å². The highest BCUT2D eigenvalue weighted by molar-refractivity contribution is 7.15. The molecular weight excluding hydrogens is 306 g/mol. The zero-order valence-corrected chi connectivity index (χ0v) is 12.7. The van der Waals surface area contributed by atoms with Crippen LogP contribution in [0.3, 0.4) is 0 Å². The molecule has 0 aromatic carbocycles. The number of anilines is 1. The van der Waals surface area contributed by atoms with Gasteiger partial charge in [0.25, 0.3) is 0 Å². The van der Waals surface area contributed by atoms with Gasteiger partial charge < -0.3 is 15.8 Å². The maximum atomic E-state index is 12.0. The molecule has 116 valence electrons. The van der Waals surface area contributed by atoms with Gasteiger partial charge in [-0.15, -0.1) is 11.3 Å². The number of nitrogens with zero attached hydrogens (tertiary/aromatic N) is 2. The molecule has 22 heavy (non-hydrogen) atoms. The van der Waals surface area contributed by atoms with Crippen molar-refractivity contribution in [3.05, 3.63) is 28.0 Å². The van der Waals surface area contributed by atoms with Gasteiger partial charge in [-0.3, -0.25) is 9.89 Å². The molecule has 9 heteroatoms. The van der Waals surface area contributed by atoms with E-state index in [1.807, 2.05) is 0 Å². The number of hydrogen-bond acceptors (Lipinski definition) is 7. The third-order valence-corrected chi connectivity index (χ3v) is 4.47. The Morgan fingerprint density at radius 2 is 2.41 bits per heavy atom. The van der Waals surface area contributed by atoms with Gasteiger partial charge in [0.2, 0.25) is 5.91 Å². The second-order valence-corrected chi connectivity index (χ2v) is 5.88. The molecular formula is C13H15N5O3S. The summed E-state index contributed by atoms with van der Waals surface area (Å²) in [6.45, 7) is 2.33. The van der Waals surface area contributed by atoms with Gasteiger partial charge in [0.05, 0.1) is 25.0 Å². The smallest absolute Gasteiger partial charge is 0.356 e. The number of esters is 1. The highest BCUT2D eigenvalue weighted by Gasteiger charge is 2.31. The van der Waals surface area contributed by atoms with Gasteiger partial charge >= 0.3 is 5.97 Å². The zero-order chi connectivity index (χ0) is 15.7. The molecule has 0 saturated carbocycles. The molecule has 1 aliphatic rings. The van der Waals surface area contributed by atoms with Crippen molar-refractivity contribution in [2.45, 2.75) is 25.8 Å². The van der Waals surface area contributed by atoms with E-state index in [1.54, 1.807) is 13.1 Å². The van der Waals surface area contributed by atoms with E-state index in [-0.39, 0.29) is 30.5 Å². The fraction of sp³-hybridized carbons (Fsp3) is 0.385. The standard InChI is InChI=1S/C13H15N5O3S/c1-2-21-12(20)10-7(4-16-18-10)6-3-9(19)15-5-8-11(6)22-13(14)17-8/h4,6H,2-3,5H2,1H3,(H2,14,17)(H,15,19)(H,16,18)/t6-/m1/s1. The normalized spacial score (nSPS) is 17.5. The number of fused-ring (bicyclic) bond motifs is 1. The maximum absolute atomic E-state index is 12.0. The molecule has 2 aromatic rings. The third kappa shape index (κ3) is 2.54. The predicted octanol–water partition coefficient (Wildman–Crippen LogP) is 0.777. The van der Waals surface area contributed by atoms with Gasteiger partial charge in [-0.05, 0) is 6.92 Å². The summed E-state index contributed by atoms with van der Waals surface area (Å²) in [4.78, 5) is 29.1. The van der Waals surface area contributed by atoms with Gasteiger partial charge in [-0.2, -0.15) is 5.10 Å². The van der Waals surface area contributed by atoms with Crippen LogP contribution in [0.4, 0.5) is 5.13 Å². The second kappa shape index (κ2) is 5.76. The minimum Gasteiger partial charge on any atom is -0.461 e. The molecule has 8 nitrogen and oxygen atoms in total. The van der Waals surface area contributed by atoms with E-state index in [4.69, 9.17) is 10.5 Å². The van der Waals surface area contributed by atoms with Crippen LogP contribution in [0.25, 0.3) is 0 Å². The zero-order valence-electron chi connectivity index (χ0n) is 11.9. The molecule has 0 saturated heterocycles. The maximum Gasteiger partial charge on any atom is 0.356 e. The summed E-state index contributed by atoms with van der Waals surface area (Å²) < 4.78 is 5.02. The average molecular weight is 321 g/mol. The number of aromatic nitrogens is 3. The number of hydrogen-bond donors (Lipinski definition) is 3. The SMILES string of the molecule is CCOC(=O)c1[nH]ncc1[C@H]1CC(=O)NCc2nc(N)sc21. The monoisotopic (exact) mass is 321 g/mol. The van der Waals surface area contributed by atoms with Crippen molar-refractivity contribution in [3.8, 4) is 0 Å². The first-order valence-electron chi connectivity index (χ1n) is 6.82. The number of H-pyrrole nitrogens is 1. The minimum absolute atomic E-state index is 0.107. The van der Waals surface area contributed by atoms with E-state index < -0.39 is 5.97 Å². The Bertz CT molecular complexity index is 723. The van der Waals surface area contributed by atoms with Crippen LogP contribution in [-0.4, -0.2) is 33.7 Å². The lowest BCUT2D eigenvalue weighted by Crippen LogP contribution is -2.21. The Balaban J connectivity index is 2.05. The lowest BCUT2D eigenvalue weighted by Gasteiger charge is -2.12. The molecule has 0 fully saturated rings. The average Bonchev–Trinajstić information content (AvgIpc) is 3.06. The summed E-state index contributed by atoms with van der Waals surface area (Å²) in [6, 6.07) is 0. The van der Waals surface area contributed by atoms with Crippen molar-refractivity contribution in [3.63, 3.8) is 0 Å². The number of nitrogen functional groups attached to an aromatic ring is 1. The highest BCUT2D eigenvalue weighted by Crippen LogP contribution is 2.38. The number of ether oxygens (including phenoxy) is 1. The molecule has 2 aromatic heterocycles. The minimum atomic E-state index is -0.487. The van der Waals surface area contributed by atoms with Crippen molar-refractivity contribution < 1.29 is 14.3 Å². The first kappa shape index (κ1) is 14.5. The van der Waals surface area contributed by atoms with Crippen molar-refractivity contribution in [1.29, 1.82) is 0 Å². The van der Waals surface area contributed by atoms with E-state index in [2.05, 4.69) is 20.5 Å². The van der Waals surface area contributed by atoms with Crippen LogP contribution in [0.15, 0.2) is 6.20 Å². The van der Waals surface area contributed by atoms with Crippen LogP contribution in [0.5, 0.6) is 0 Å². The number of carbonyl (C=O) groups excluding carboxylic acids is 2. The lowest BCUT2D eigenvalue weighted by molar-refractivity contribution is -0.121. The van der Waals surface area contributed by atoms with Crippen molar-refractivity contribution in [2.24, 2.45) is 0 Å². The number of thiazole rings is 1. The number of nitrogens with two attached hydrogens (primary N) is 1. The van der Waals surface area contributed by atoms with E-state index in [0.717, 1.165) is 10.6 Å². The number of nitrogens with one attached hydrogen (secondary N) is 2. The first-order valence-corrected chi connectivity index (χ1v) is 7.64. The molecule has 0 bridgehead atoms. The summed E-state index contributed by atoms with van der Waals surface area (Å²) >= 11 is 1.33. The summed E-state index contributed by atoms with van der Waals surface area (Å²) in [6.07, 6.45) is 1.76. The first-order chi connectivity index (χ1) is 10.6. The van der Waals surface area contributed by atoms with Crippen LogP contribution in [0.1, 0.15) is 45.9 Å². The largest absolute Gasteiger partial charge is 0.461 e. The van der Waals surface area contributed by atoms with Gasteiger partial charge in [0.1, 0.15) is 5.69 Å². The Morgan fingerprint density at radius 1 is 1.59 bits per heavy atom. The van der Waals surface area contributed by atoms with Gasteiger partial charge in [-0.25, -0.2) is 9.78 Å². The number of aromatic amines is 1. The Hall–Kier alpha value is -2.42. The van der Waals surface area contributed by atoms with Crippen molar-refractivity contribution >= 4 is 28.3 Å². The summed E-state index contributed by atoms with van der Waals surface area (Å²) in [7, 11) is 0. The van der Waals surface area contributed by atoms with Gasteiger partial charge in [0.15, 0.2) is 5.13 Å². The topological polar surface area (TPSA) is 123 Å². The lowest BCUT2D eigenvalue weighted by atomic mass is 9.94. The molecule has 0 unspecified atom stereocenters.